The first-order chi connectivity index (χ1) is 15.1. The maximum Gasteiger partial charge on any atom is 0.251 e. The zero-order chi connectivity index (χ0) is 23.0. The van der Waals surface area contributed by atoms with Crippen LogP contribution in [0.25, 0.3) is 0 Å². The average Bonchev–Trinajstić information content (AvgIpc) is 3.44. The molecular formula is C21H26N4O6S. The molecule has 0 saturated carbocycles. The highest BCUT2D eigenvalue weighted by molar-refractivity contribution is 7.91. The van der Waals surface area contributed by atoms with Crippen molar-refractivity contribution >= 4 is 21.7 Å². The fourth-order valence-electron chi connectivity index (χ4n) is 4.01. The van der Waals surface area contributed by atoms with Crippen molar-refractivity contribution < 1.29 is 27.5 Å². The van der Waals surface area contributed by atoms with E-state index in [-0.39, 0.29) is 42.7 Å². The van der Waals surface area contributed by atoms with Gasteiger partial charge in [-0.05, 0) is 38.5 Å². The number of fused-ring (bicyclic) bond motifs is 1. The van der Waals surface area contributed by atoms with Crippen LogP contribution >= 0.6 is 0 Å². The largest absolute Gasteiger partial charge is 0.454 e. The van der Waals surface area contributed by atoms with Crippen LogP contribution in [0.2, 0.25) is 0 Å². The molecule has 0 bridgehead atoms. The maximum atomic E-state index is 12.6. The number of rotatable bonds is 6. The first kappa shape index (κ1) is 22.1. The number of sulfone groups is 1. The summed E-state index contributed by atoms with van der Waals surface area (Å²) in [5, 5.41) is 7.17. The van der Waals surface area contributed by atoms with Crippen molar-refractivity contribution in [3.05, 3.63) is 40.7 Å². The summed E-state index contributed by atoms with van der Waals surface area (Å²) in [6.07, 6.45) is 0.546. The molecule has 11 heteroatoms. The van der Waals surface area contributed by atoms with Crippen LogP contribution in [0, 0.1) is 13.8 Å². The number of aromatic nitrogens is 2. The Hall–Kier alpha value is -3.08. The number of carbonyl (C=O) groups excluding carboxylic acids is 2. The summed E-state index contributed by atoms with van der Waals surface area (Å²) in [6.45, 7) is 4.02. The van der Waals surface area contributed by atoms with Crippen LogP contribution in [-0.4, -0.2) is 66.8 Å². The second-order valence-electron chi connectivity index (χ2n) is 8.15. The monoisotopic (exact) mass is 462 g/mol. The van der Waals surface area contributed by atoms with E-state index in [0.29, 0.717) is 30.0 Å². The van der Waals surface area contributed by atoms with Crippen molar-refractivity contribution in [1.82, 2.24) is 20.0 Å². The van der Waals surface area contributed by atoms with Gasteiger partial charge in [0.25, 0.3) is 5.91 Å². The predicted octanol–water partition coefficient (Wildman–Crippen LogP) is 0.977. The fraction of sp³-hybridized carbons (Fsp3) is 0.476. The smallest absolute Gasteiger partial charge is 0.251 e. The molecule has 1 fully saturated rings. The lowest BCUT2D eigenvalue weighted by molar-refractivity contribution is -0.129. The number of benzene rings is 1. The summed E-state index contributed by atoms with van der Waals surface area (Å²) >= 11 is 0. The normalized spacial score (nSPS) is 18.5. The van der Waals surface area contributed by atoms with Crippen molar-refractivity contribution in [2.75, 3.05) is 31.9 Å². The van der Waals surface area contributed by atoms with Gasteiger partial charge in [0.15, 0.2) is 21.3 Å². The molecule has 1 N–H and O–H groups in total. The SMILES string of the molecule is Cc1nn([C@@H]2CCS(=O)(=O)C2)c(C)c1CN(C)C(=O)CNC(=O)c1ccc2c(c1)OCO2. The van der Waals surface area contributed by atoms with Gasteiger partial charge in [-0.15, -0.1) is 0 Å². The molecule has 2 aliphatic heterocycles. The second kappa shape index (κ2) is 8.45. The summed E-state index contributed by atoms with van der Waals surface area (Å²) < 4.78 is 35.9. The van der Waals surface area contributed by atoms with Crippen molar-refractivity contribution in [1.29, 1.82) is 0 Å². The Morgan fingerprint density at radius 1 is 1.25 bits per heavy atom. The van der Waals surface area contributed by atoms with Crippen molar-refractivity contribution in [3.8, 4) is 11.5 Å². The maximum absolute atomic E-state index is 12.6. The number of ether oxygens (including phenoxy) is 2. The van der Waals surface area contributed by atoms with Crippen LogP contribution in [0.5, 0.6) is 11.5 Å². The minimum absolute atomic E-state index is 0.0923. The van der Waals surface area contributed by atoms with E-state index in [9.17, 15) is 18.0 Å². The van der Waals surface area contributed by atoms with Gasteiger partial charge in [-0.1, -0.05) is 0 Å². The van der Waals surface area contributed by atoms with Gasteiger partial charge in [0.05, 0.1) is 29.8 Å². The van der Waals surface area contributed by atoms with E-state index in [4.69, 9.17) is 9.47 Å². The summed E-state index contributed by atoms with van der Waals surface area (Å²) in [5.74, 6) is 0.710. The molecule has 0 spiro atoms. The summed E-state index contributed by atoms with van der Waals surface area (Å²) in [5.41, 5.74) is 2.88. The highest BCUT2D eigenvalue weighted by Crippen LogP contribution is 2.32. The Labute approximate surface area is 186 Å². The molecule has 2 amide bonds. The predicted molar refractivity (Wildman–Crippen MR) is 115 cm³/mol. The van der Waals surface area contributed by atoms with Crippen LogP contribution in [-0.2, 0) is 21.2 Å². The molecule has 32 heavy (non-hydrogen) atoms. The number of hydrogen-bond acceptors (Lipinski definition) is 7. The number of nitrogens with one attached hydrogen (secondary N) is 1. The summed E-state index contributed by atoms with van der Waals surface area (Å²) in [7, 11) is -1.36. The molecule has 3 heterocycles. The summed E-state index contributed by atoms with van der Waals surface area (Å²) in [6, 6.07) is 4.68. The Morgan fingerprint density at radius 2 is 2.00 bits per heavy atom. The Bertz CT molecular complexity index is 1170. The quantitative estimate of drug-likeness (QED) is 0.679. The van der Waals surface area contributed by atoms with Crippen LogP contribution in [0.15, 0.2) is 18.2 Å². The number of carbonyl (C=O) groups is 2. The number of likely N-dealkylation sites (N-methyl/N-ethyl adjacent to an activating group) is 1. The zero-order valence-corrected chi connectivity index (χ0v) is 19.1. The lowest BCUT2D eigenvalue weighted by Crippen LogP contribution is -2.38. The van der Waals surface area contributed by atoms with E-state index in [1.54, 1.807) is 29.9 Å². The highest BCUT2D eigenvalue weighted by Gasteiger charge is 2.31. The van der Waals surface area contributed by atoms with Gasteiger partial charge < -0.3 is 19.7 Å². The third-order valence-electron chi connectivity index (χ3n) is 5.89. The average molecular weight is 463 g/mol. The molecule has 10 nitrogen and oxygen atoms in total. The molecule has 2 aromatic rings. The third kappa shape index (κ3) is 4.43. The first-order valence-electron chi connectivity index (χ1n) is 10.3. The number of amides is 2. The molecule has 0 aliphatic carbocycles. The zero-order valence-electron chi connectivity index (χ0n) is 18.3. The first-order valence-corrected chi connectivity index (χ1v) is 12.1. The van der Waals surface area contributed by atoms with E-state index in [0.717, 1.165) is 17.0 Å². The van der Waals surface area contributed by atoms with E-state index < -0.39 is 9.84 Å². The van der Waals surface area contributed by atoms with E-state index in [1.807, 2.05) is 13.8 Å². The van der Waals surface area contributed by atoms with Crippen LogP contribution in [0.4, 0.5) is 0 Å². The molecule has 1 atom stereocenters. The second-order valence-corrected chi connectivity index (χ2v) is 10.4. The topological polar surface area (TPSA) is 120 Å². The molecule has 1 aromatic heterocycles. The van der Waals surface area contributed by atoms with Gasteiger partial charge in [0.1, 0.15) is 0 Å². The van der Waals surface area contributed by atoms with Crippen LogP contribution in [0.3, 0.4) is 0 Å². The van der Waals surface area contributed by atoms with E-state index in [2.05, 4.69) is 10.4 Å². The Kier molecular flexibility index (Phi) is 5.85. The molecule has 2 aliphatic rings. The molecule has 0 radical (unpaired) electrons. The van der Waals surface area contributed by atoms with Gasteiger partial charge in [-0.2, -0.15) is 5.10 Å². The van der Waals surface area contributed by atoms with Crippen molar-refractivity contribution in [2.24, 2.45) is 0 Å². The molecular weight excluding hydrogens is 436 g/mol. The molecule has 1 aromatic carbocycles. The molecule has 4 rings (SSSR count). The molecule has 172 valence electrons. The van der Waals surface area contributed by atoms with Gasteiger partial charge >= 0.3 is 0 Å². The minimum atomic E-state index is -3.02. The number of hydrogen-bond donors (Lipinski definition) is 1. The Balaban J connectivity index is 1.36. The molecule has 1 saturated heterocycles. The fourth-order valence-corrected chi connectivity index (χ4v) is 5.70. The summed E-state index contributed by atoms with van der Waals surface area (Å²) in [4.78, 5) is 26.5. The van der Waals surface area contributed by atoms with E-state index in [1.165, 1.54) is 4.90 Å². The van der Waals surface area contributed by atoms with Gasteiger partial charge in [0, 0.05) is 30.4 Å². The van der Waals surface area contributed by atoms with Gasteiger partial charge in [-0.25, -0.2) is 8.42 Å². The van der Waals surface area contributed by atoms with E-state index >= 15 is 0 Å². The number of nitrogens with zero attached hydrogens (tertiary/aromatic N) is 3. The molecule has 0 unspecified atom stereocenters. The minimum Gasteiger partial charge on any atom is -0.454 e. The number of aryl methyl sites for hydroxylation is 1. The van der Waals surface area contributed by atoms with Gasteiger partial charge in [-0.3, -0.25) is 14.3 Å². The Morgan fingerprint density at radius 3 is 2.72 bits per heavy atom. The third-order valence-corrected chi connectivity index (χ3v) is 7.64. The van der Waals surface area contributed by atoms with Gasteiger partial charge in [0.2, 0.25) is 12.7 Å². The highest BCUT2D eigenvalue weighted by atomic mass is 32.2. The van der Waals surface area contributed by atoms with Crippen molar-refractivity contribution in [3.63, 3.8) is 0 Å². The van der Waals surface area contributed by atoms with Crippen molar-refractivity contribution in [2.45, 2.75) is 32.9 Å². The lowest BCUT2D eigenvalue weighted by atomic mass is 10.1. The van der Waals surface area contributed by atoms with Crippen LogP contribution in [0.1, 0.15) is 39.8 Å². The standard InChI is InChI=1S/C21H26N4O6S/c1-13-17(14(2)25(23-13)16-6-7-32(28,29)11-16)10-24(3)20(26)9-22-21(27)15-4-5-18-19(8-15)31-12-30-18/h4-5,8,16H,6-7,9-12H2,1-3H3,(H,22,27)/t16-/m1/s1. The lowest BCUT2D eigenvalue weighted by Gasteiger charge is -2.18. The van der Waals surface area contributed by atoms with Crippen LogP contribution < -0.4 is 14.8 Å².